The van der Waals surface area contributed by atoms with Crippen molar-refractivity contribution in [2.24, 2.45) is 5.92 Å². The average Bonchev–Trinajstić information content (AvgIpc) is 2.77. The molecule has 1 amide bonds. The summed E-state index contributed by atoms with van der Waals surface area (Å²) in [6.45, 7) is 2.38. The van der Waals surface area contributed by atoms with E-state index in [9.17, 15) is 29.1 Å². The molecule has 0 aromatic heterocycles. The molecule has 0 aromatic rings. The minimum Gasteiger partial charge on any atom is -0.481 e. The molecule has 3 N–H and O–H groups in total. The lowest BCUT2D eigenvalue weighted by atomic mass is 9.94. The molecule has 8 heteroatoms. The fourth-order valence-electron chi connectivity index (χ4n) is 3.82. The van der Waals surface area contributed by atoms with Crippen LogP contribution in [0.25, 0.3) is 0 Å². The van der Waals surface area contributed by atoms with Crippen LogP contribution in [0.5, 0.6) is 0 Å². The summed E-state index contributed by atoms with van der Waals surface area (Å²) in [5.41, 5.74) is 0. The van der Waals surface area contributed by atoms with E-state index in [1.165, 1.54) is 39.0 Å². The van der Waals surface area contributed by atoms with Gasteiger partial charge in [-0.3, -0.25) is 19.2 Å². The van der Waals surface area contributed by atoms with Crippen LogP contribution in [0.15, 0.2) is 0 Å². The first kappa shape index (κ1) is 31.9. The molecule has 0 rings (SSSR count). The number of aliphatic carboxylic acids is 1. The Hall–Kier alpha value is -2.09. The third-order valence-corrected chi connectivity index (χ3v) is 6.04. The van der Waals surface area contributed by atoms with Gasteiger partial charge in [-0.25, -0.2) is 0 Å². The highest BCUT2D eigenvalue weighted by atomic mass is 16.4. The Morgan fingerprint density at radius 3 is 1.59 bits per heavy atom. The molecule has 0 saturated heterocycles. The van der Waals surface area contributed by atoms with Gasteiger partial charge < -0.3 is 20.3 Å². The van der Waals surface area contributed by atoms with Crippen molar-refractivity contribution in [2.45, 2.75) is 123 Å². The first-order chi connectivity index (χ1) is 16.2. The smallest absolute Gasteiger partial charge is 0.306 e. The first-order valence-corrected chi connectivity index (χ1v) is 12.8. The van der Waals surface area contributed by atoms with Crippen LogP contribution in [0.4, 0.5) is 0 Å². The highest BCUT2D eigenvalue weighted by molar-refractivity contribution is 5.88. The molecule has 0 heterocycles. The molecular formula is C26H45NO7. The zero-order chi connectivity index (χ0) is 25.8. The first-order valence-electron chi connectivity index (χ1n) is 12.8. The number of ketones is 3. The van der Waals surface area contributed by atoms with E-state index in [0.717, 1.165) is 38.5 Å². The van der Waals surface area contributed by atoms with Gasteiger partial charge in [-0.1, -0.05) is 57.8 Å². The Balaban J connectivity index is 3.84. The second-order valence-corrected chi connectivity index (χ2v) is 9.32. The van der Waals surface area contributed by atoms with Crippen molar-refractivity contribution >= 4 is 29.2 Å². The van der Waals surface area contributed by atoms with Crippen molar-refractivity contribution < 1.29 is 34.2 Å². The number of aliphatic hydroxyl groups excluding tert-OH is 1. The van der Waals surface area contributed by atoms with E-state index in [2.05, 4.69) is 5.32 Å². The number of unbranched alkanes of at least 4 members (excludes halogenated alkanes) is 10. The fourth-order valence-corrected chi connectivity index (χ4v) is 3.82. The minimum absolute atomic E-state index is 0.0136. The third-order valence-electron chi connectivity index (χ3n) is 6.04. The predicted octanol–water partition coefficient (Wildman–Crippen LogP) is 4.15. The third kappa shape index (κ3) is 18.3. The molecule has 0 fully saturated rings. The van der Waals surface area contributed by atoms with Gasteiger partial charge >= 0.3 is 5.97 Å². The number of amides is 1. The average molecular weight is 484 g/mol. The maximum atomic E-state index is 12.2. The molecule has 0 saturated carbocycles. The number of carbonyl (C=O) groups is 5. The van der Waals surface area contributed by atoms with Crippen LogP contribution in [-0.2, 0) is 24.0 Å². The highest BCUT2D eigenvalue weighted by Crippen LogP contribution is 2.16. The van der Waals surface area contributed by atoms with E-state index in [-0.39, 0.29) is 36.6 Å². The Labute approximate surface area is 204 Å². The van der Waals surface area contributed by atoms with E-state index in [4.69, 9.17) is 5.11 Å². The summed E-state index contributed by atoms with van der Waals surface area (Å²) in [5, 5.41) is 20.8. The lowest BCUT2D eigenvalue weighted by Gasteiger charge is -2.15. The van der Waals surface area contributed by atoms with Gasteiger partial charge in [0.1, 0.15) is 17.6 Å². The lowest BCUT2D eigenvalue weighted by molar-refractivity contribution is -0.144. The highest BCUT2D eigenvalue weighted by Gasteiger charge is 2.23. The van der Waals surface area contributed by atoms with Gasteiger partial charge in [0.15, 0.2) is 5.78 Å². The van der Waals surface area contributed by atoms with Crippen molar-refractivity contribution in [3.8, 4) is 0 Å². The number of carbonyl (C=O) groups excluding carboxylic acids is 4. The molecule has 2 atom stereocenters. The van der Waals surface area contributed by atoms with Crippen LogP contribution in [-0.4, -0.2) is 52.1 Å². The molecule has 0 aromatic carbocycles. The largest absolute Gasteiger partial charge is 0.481 e. The standard InChI is InChI=1S/C26H45NO7/c1-20(29)14-12-10-8-6-4-3-5-7-9-11-13-15-23(31)18-22(26(33)34)16-17-25(32)27-24(19-28)21(2)30/h22,24,28H,3-19H2,1-2H3,(H,27,32)(H,33,34)/t22-,24+/m1/s1. The molecule has 0 aliphatic rings. The SMILES string of the molecule is CC(=O)CCCCCCCCCCCCCC(=O)C[C@@H](CCC(=O)N[C@@H](CO)C(C)=O)C(=O)O. The Kier molecular flexibility index (Phi) is 19.0. The Morgan fingerprint density at radius 2 is 1.18 bits per heavy atom. The van der Waals surface area contributed by atoms with Gasteiger partial charge in [-0.05, 0) is 33.1 Å². The van der Waals surface area contributed by atoms with Gasteiger partial charge in [0.2, 0.25) is 5.91 Å². The Morgan fingerprint density at radius 1 is 0.706 bits per heavy atom. The van der Waals surface area contributed by atoms with Crippen LogP contribution in [0, 0.1) is 5.92 Å². The van der Waals surface area contributed by atoms with Crippen molar-refractivity contribution in [1.29, 1.82) is 0 Å². The van der Waals surface area contributed by atoms with Crippen LogP contribution in [0.2, 0.25) is 0 Å². The zero-order valence-corrected chi connectivity index (χ0v) is 21.1. The number of carboxylic acid groups (broad SMARTS) is 1. The minimum atomic E-state index is -1.11. The molecule has 0 unspecified atom stereocenters. The van der Waals surface area contributed by atoms with E-state index >= 15 is 0 Å². The molecule has 8 nitrogen and oxygen atoms in total. The van der Waals surface area contributed by atoms with Crippen LogP contribution >= 0.6 is 0 Å². The summed E-state index contributed by atoms with van der Waals surface area (Å²) in [5.74, 6) is -2.75. The van der Waals surface area contributed by atoms with Gasteiger partial charge in [-0.2, -0.15) is 0 Å². The summed E-state index contributed by atoms with van der Waals surface area (Å²) in [7, 11) is 0. The lowest BCUT2D eigenvalue weighted by Crippen LogP contribution is -2.42. The van der Waals surface area contributed by atoms with Crippen molar-refractivity contribution in [3.05, 3.63) is 0 Å². The second kappa shape index (κ2) is 20.3. The second-order valence-electron chi connectivity index (χ2n) is 9.32. The number of Topliss-reactive ketones (excluding diaryl/α,β-unsaturated/α-hetero) is 3. The van der Waals surface area contributed by atoms with E-state index in [0.29, 0.717) is 12.8 Å². The number of rotatable bonds is 23. The van der Waals surface area contributed by atoms with Gasteiger partial charge in [0.05, 0.1) is 12.5 Å². The molecule has 196 valence electrons. The monoisotopic (exact) mass is 483 g/mol. The normalized spacial score (nSPS) is 12.7. The summed E-state index contributed by atoms with van der Waals surface area (Å²) in [4.78, 5) is 57.6. The maximum absolute atomic E-state index is 12.2. The van der Waals surface area contributed by atoms with Crippen molar-refractivity contribution in [3.63, 3.8) is 0 Å². The van der Waals surface area contributed by atoms with Gasteiger partial charge in [0.25, 0.3) is 0 Å². The number of nitrogens with one attached hydrogen (secondary N) is 1. The van der Waals surface area contributed by atoms with Crippen LogP contribution in [0.3, 0.4) is 0 Å². The number of hydrogen-bond donors (Lipinski definition) is 3. The predicted molar refractivity (Wildman–Crippen MR) is 130 cm³/mol. The molecule has 0 aliphatic carbocycles. The molecule has 0 radical (unpaired) electrons. The van der Waals surface area contributed by atoms with Crippen LogP contribution in [0.1, 0.15) is 117 Å². The molecular weight excluding hydrogens is 438 g/mol. The summed E-state index contributed by atoms with van der Waals surface area (Å²) >= 11 is 0. The topological polar surface area (TPSA) is 138 Å². The fraction of sp³-hybridized carbons (Fsp3) is 0.808. The summed E-state index contributed by atoms with van der Waals surface area (Å²) in [6.07, 6.45) is 12.9. The number of carboxylic acids is 1. The van der Waals surface area contributed by atoms with Crippen molar-refractivity contribution in [2.75, 3.05) is 6.61 Å². The quantitative estimate of drug-likeness (QED) is 0.186. The van der Waals surface area contributed by atoms with Crippen molar-refractivity contribution in [1.82, 2.24) is 5.32 Å². The zero-order valence-electron chi connectivity index (χ0n) is 21.1. The molecule has 0 aliphatic heterocycles. The van der Waals surface area contributed by atoms with Crippen LogP contribution < -0.4 is 5.32 Å². The summed E-state index contributed by atoms with van der Waals surface area (Å²) in [6, 6.07) is -0.985. The van der Waals surface area contributed by atoms with E-state index in [1.54, 1.807) is 6.92 Å². The van der Waals surface area contributed by atoms with Gasteiger partial charge in [-0.15, -0.1) is 0 Å². The number of aliphatic hydroxyl groups is 1. The van der Waals surface area contributed by atoms with E-state index in [1.807, 2.05) is 0 Å². The Bertz CT molecular complexity index is 633. The summed E-state index contributed by atoms with van der Waals surface area (Å²) < 4.78 is 0. The maximum Gasteiger partial charge on any atom is 0.306 e. The number of hydrogen-bond acceptors (Lipinski definition) is 6. The molecule has 34 heavy (non-hydrogen) atoms. The van der Waals surface area contributed by atoms with E-state index < -0.39 is 30.4 Å². The van der Waals surface area contributed by atoms with Gasteiger partial charge in [0, 0.05) is 25.7 Å². The molecule has 0 bridgehead atoms. The molecule has 0 spiro atoms.